The molecule has 0 N–H and O–H groups in total. The van der Waals surface area contributed by atoms with Gasteiger partial charge in [0.1, 0.15) is 0 Å². The first-order chi connectivity index (χ1) is 13.2. The van der Waals surface area contributed by atoms with Gasteiger partial charge in [0.2, 0.25) is 0 Å². The van der Waals surface area contributed by atoms with Crippen molar-refractivity contribution in [2.24, 2.45) is 35.5 Å². The quantitative estimate of drug-likeness (QED) is 0.403. The molecule has 1 atom stereocenters. The van der Waals surface area contributed by atoms with Gasteiger partial charge in [-0.3, -0.25) is 0 Å². The summed E-state index contributed by atoms with van der Waals surface area (Å²) < 4.78 is 0. The lowest BCUT2D eigenvalue weighted by atomic mass is 9.55. The molecular formula is C26H44P2. The average molecular weight is 419 g/mol. The minimum Gasteiger partial charge on any atom is -0.0999 e. The molecule has 0 aromatic heterocycles. The first-order valence-electron chi connectivity index (χ1n) is 12.7. The maximum atomic E-state index is 2.70. The fraction of sp³-hybridized carbons (Fsp3) is 1.00. The third-order valence-electron chi connectivity index (χ3n) is 10.7. The third kappa shape index (κ3) is 3.04. The van der Waals surface area contributed by atoms with Crippen LogP contribution in [-0.2, 0) is 0 Å². The Bertz CT molecular complexity index is 514. The van der Waals surface area contributed by atoms with Gasteiger partial charge in [-0.2, -0.15) is 0 Å². The summed E-state index contributed by atoms with van der Waals surface area (Å²) in [6.45, 7) is 10.4. The van der Waals surface area contributed by atoms with Crippen LogP contribution in [0.15, 0.2) is 0 Å². The zero-order valence-corrected chi connectivity index (χ0v) is 20.8. The van der Waals surface area contributed by atoms with Crippen LogP contribution in [0.5, 0.6) is 0 Å². The van der Waals surface area contributed by atoms with Gasteiger partial charge < -0.3 is 0 Å². The molecule has 0 radical (unpaired) electrons. The molecule has 8 bridgehead atoms. The van der Waals surface area contributed by atoms with E-state index in [9.17, 15) is 0 Å². The lowest BCUT2D eigenvalue weighted by Gasteiger charge is -2.68. The van der Waals surface area contributed by atoms with Gasteiger partial charge in [0.25, 0.3) is 0 Å². The number of hydrogen-bond acceptors (Lipinski definition) is 0. The van der Waals surface area contributed by atoms with Gasteiger partial charge in [-0.1, -0.05) is 36.6 Å². The van der Waals surface area contributed by atoms with Crippen LogP contribution in [0.4, 0.5) is 0 Å². The number of hydrogen-bond donors (Lipinski definition) is 0. The van der Waals surface area contributed by atoms with Crippen LogP contribution in [0.3, 0.4) is 0 Å². The summed E-state index contributed by atoms with van der Waals surface area (Å²) in [6, 6.07) is 0. The van der Waals surface area contributed by atoms with Crippen molar-refractivity contribution in [2.75, 3.05) is 12.6 Å². The fourth-order valence-electron chi connectivity index (χ4n) is 10.0. The van der Waals surface area contributed by atoms with Crippen LogP contribution in [0.2, 0.25) is 0 Å². The molecule has 0 aromatic rings. The van der Waals surface area contributed by atoms with Crippen LogP contribution < -0.4 is 0 Å². The summed E-state index contributed by atoms with van der Waals surface area (Å²) in [5.74, 6) is 8.54. The molecule has 0 spiro atoms. The molecule has 8 aliphatic carbocycles. The van der Waals surface area contributed by atoms with Crippen molar-refractivity contribution in [3.63, 3.8) is 0 Å². The van der Waals surface area contributed by atoms with E-state index in [4.69, 9.17) is 0 Å². The molecule has 2 heteroatoms. The van der Waals surface area contributed by atoms with E-state index in [-0.39, 0.29) is 15.8 Å². The fourth-order valence-corrected chi connectivity index (χ4v) is 19.7. The van der Waals surface area contributed by atoms with Gasteiger partial charge in [-0.15, -0.1) is 0 Å². The Hall–Kier alpha value is 0.860. The van der Waals surface area contributed by atoms with Crippen LogP contribution >= 0.6 is 15.8 Å². The van der Waals surface area contributed by atoms with Crippen molar-refractivity contribution < 1.29 is 0 Å². The van der Waals surface area contributed by atoms with E-state index in [2.05, 4.69) is 27.4 Å². The summed E-state index contributed by atoms with van der Waals surface area (Å²) in [4.78, 5) is 0. The standard InChI is InChI=1S/C26H44P2/c1-24(2,3)27(4)17-28(25-11-18-5-19(12-25)7-20(6-18)13-25)26-14-21-8-22(15-26)10-23(9-21)16-26/h18-23H,5-17H2,1-4H3. The molecule has 158 valence electrons. The second-order valence-corrected chi connectivity index (χ2v) is 20.3. The summed E-state index contributed by atoms with van der Waals surface area (Å²) >= 11 is 0. The minimum absolute atomic E-state index is 0.164. The molecule has 0 aromatic carbocycles. The van der Waals surface area contributed by atoms with Crippen molar-refractivity contribution in [3.8, 4) is 0 Å². The maximum absolute atomic E-state index is 2.70. The highest BCUT2D eigenvalue weighted by atomic mass is 31.2. The second kappa shape index (κ2) is 6.44. The van der Waals surface area contributed by atoms with Gasteiger partial charge in [0, 0.05) is 0 Å². The van der Waals surface area contributed by atoms with Crippen LogP contribution in [0, 0.1) is 35.5 Å². The maximum Gasteiger partial charge on any atom is -0.00784 e. The molecule has 8 saturated carbocycles. The topological polar surface area (TPSA) is 0 Å². The highest BCUT2D eigenvalue weighted by Gasteiger charge is 2.62. The summed E-state index contributed by atoms with van der Waals surface area (Å²) in [7, 11) is 0.380. The largest absolute Gasteiger partial charge is 0.0999 e. The minimum atomic E-state index is 0.164. The number of rotatable bonds is 4. The molecular weight excluding hydrogens is 374 g/mol. The smallest absolute Gasteiger partial charge is 0.00784 e. The molecule has 8 aliphatic rings. The first kappa shape index (κ1) is 19.5. The van der Waals surface area contributed by atoms with Crippen molar-refractivity contribution >= 4 is 15.8 Å². The Kier molecular flexibility index (Phi) is 4.49. The lowest BCUT2D eigenvalue weighted by molar-refractivity contribution is 0.0188. The Morgan fingerprint density at radius 3 is 1.14 bits per heavy atom. The average Bonchev–Trinajstić information content (AvgIpc) is 2.55. The van der Waals surface area contributed by atoms with E-state index in [1.165, 1.54) is 0 Å². The van der Waals surface area contributed by atoms with E-state index in [0.29, 0.717) is 5.16 Å². The molecule has 8 rings (SSSR count). The van der Waals surface area contributed by atoms with Crippen molar-refractivity contribution in [1.82, 2.24) is 0 Å². The Labute approximate surface area is 177 Å². The predicted molar refractivity (Wildman–Crippen MR) is 126 cm³/mol. The first-order valence-corrected chi connectivity index (χ1v) is 16.2. The normalized spacial score (nSPS) is 53.6. The summed E-state index contributed by atoms with van der Waals surface area (Å²) in [6.07, 6.45) is 19.9. The highest BCUT2D eigenvalue weighted by molar-refractivity contribution is 7.76. The van der Waals surface area contributed by atoms with Gasteiger partial charge in [-0.25, -0.2) is 0 Å². The second-order valence-electron chi connectivity index (χ2n) is 13.7. The van der Waals surface area contributed by atoms with Crippen molar-refractivity contribution in [1.29, 1.82) is 0 Å². The predicted octanol–water partition coefficient (Wildman–Crippen LogP) is 8.27. The zero-order valence-electron chi connectivity index (χ0n) is 19.1. The Morgan fingerprint density at radius 2 is 0.893 bits per heavy atom. The zero-order chi connectivity index (χ0) is 19.3. The van der Waals surface area contributed by atoms with Gasteiger partial charge in [0.05, 0.1) is 0 Å². The monoisotopic (exact) mass is 418 g/mol. The van der Waals surface area contributed by atoms with E-state index in [1.54, 1.807) is 83.0 Å². The molecule has 8 fully saturated rings. The van der Waals surface area contributed by atoms with Gasteiger partial charge in [0.15, 0.2) is 0 Å². The molecule has 0 heterocycles. The van der Waals surface area contributed by atoms with Crippen LogP contribution in [0.1, 0.15) is 97.8 Å². The SMILES string of the molecule is CP(CP(C12CC3CC(CC(C3)C1)C2)C12CC3CC(CC(C3)C1)C2)C(C)(C)C. The summed E-state index contributed by atoms with van der Waals surface area (Å²) in [5.41, 5.74) is 0. The van der Waals surface area contributed by atoms with E-state index in [1.807, 2.05) is 0 Å². The molecule has 0 saturated heterocycles. The molecule has 0 amide bonds. The van der Waals surface area contributed by atoms with Crippen molar-refractivity contribution in [3.05, 3.63) is 0 Å². The van der Waals surface area contributed by atoms with Crippen LogP contribution in [0.25, 0.3) is 0 Å². The molecule has 28 heavy (non-hydrogen) atoms. The highest BCUT2D eigenvalue weighted by Crippen LogP contribution is 2.81. The lowest BCUT2D eigenvalue weighted by Crippen LogP contribution is -2.56. The van der Waals surface area contributed by atoms with Gasteiger partial charge >= 0.3 is 0 Å². The van der Waals surface area contributed by atoms with Crippen LogP contribution in [-0.4, -0.2) is 28.0 Å². The van der Waals surface area contributed by atoms with Crippen molar-refractivity contribution in [2.45, 2.75) is 113 Å². The Balaban J connectivity index is 1.39. The van der Waals surface area contributed by atoms with E-state index >= 15 is 0 Å². The van der Waals surface area contributed by atoms with E-state index < -0.39 is 0 Å². The molecule has 1 unspecified atom stereocenters. The molecule has 0 nitrogen and oxygen atoms in total. The van der Waals surface area contributed by atoms with Gasteiger partial charge in [-0.05, 0) is 141 Å². The Morgan fingerprint density at radius 1 is 0.607 bits per heavy atom. The van der Waals surface area contributed by atoms with E-state index in [0.717, 1.165) is 45.8 Å². The third-order valence-corrected chi connectivity index (χ3v) is 19.2. The molecule has 0 aliphatic heterocycles. The summed E-state index contributed by atoms with van der Waals surface area (Å²) in [5, 5.41) is 2.25.